The fraction of sp³-hybridized carbons (Fsp3) is 0.333. The highest BCUT2D eigenvalue weighted by Gasteiger charge is 2.09. The second kappa shape index (κ2) is 6.39. The third kappa shape index (κ3) is 3.27. The van der Waals surface area contributed by atoms with Crippen molar-refractivity contribution >= 4 is 22.8 Å². The molecule has 3 rings (SSSR count). The highest BCUT2D eigenvalue weighted by atomic mass is 16.1. The molecule has 0 aliphatic heterocycles. The van der Waals surface area contributed by atoms with Gasteiger partial charge in [0.25, 0.3) is 5.56 Å². The van der Waals surface area contributed by atoms with Crippen molar-refractivity contribution in [3.63, 3.8) is 0 Å². The third-order valence-corrected chi connectivity index (χ3v) is 3.94. The maximum atomic E-state index is 11.8. The first-order valence-corrected chi connectivity index (χ1v) is 8.12. The molecule has 0 spiro atoms. The average molecular weight is 323 g/mol. The first-order valence-electron chi connectivity index (χ1n) is 8.12. The third-order valence-electron chi connectivity index (χ3n) is 3.94. The van der Waals surface area contributed by atoms with Crippen LogP contribution in [0.25, 0.3) is 10.9 Å². The van der Waals surface area contributed by atoms with Crippen LogP contribution in [0.5, 0.6) is 0 Å². The summed E-state index contributed by atoms with van der Waals surface area (Å²) < 4.78 is 0. The number of hydrogen-bond acceptors (Lipinski definition) is 5. The molecule has 0 unspecified atom stereocenters. The molecule has 0 amide bonds. The van der Waals surface area contributed by atoms with Crippen LogP contribution in [0.15, 0.2) is 29.1 Å². The molecule has 0 atom stereocenters. The molecule has 124 valence electrons. The Morgan fingerprint density at radius 1 is 1.17 bits per heavy atom. The first-order chi connectivity index (χ1) is 11.5. The van der Waals surface area contributed by atoms with Gasteiger partial charge in [0.2, 0.25) is 11.9 Å². The summed E-state index contributed by atoms with van der Waals surface area (Å²) in [6, 6.07) is 7.69. The second-order valence-corrected chi connectivity index (χ2v) is 6.14. The topological polar surface area (TPSA) is 83.6 Å². The van der Waals surface area contributed by atoms with E-state index in [2.05, 4.69) is 44.3 Å². The van der Waals surface area contributed by atoms with Crippen molar-refractivity contribution < 1.29 is 0 Å². The van der Waals surface area contributed by atoms with Gasteiger partial charge in [-0.1, -0.05) is 26.8 Å². The van der Waals surface area contributed by atoms with Crippen LogP contribution >= 0.6 is 0 Å². The molecule has 0 saturated carbocycles. The van der Waals surface area contributed by atoms with E-state index >= 15 is 0 Å². The van der Waals surface area contributed by atoms with E-state index in [1.165, 1.54) is 11.6 Å². The minimum Gasteiger partial charge on any atom is -0.294 e. The monoisotopic (exact) mass is 323 g/mol. The molecule has 0 aliphatic carbocycles. The van der Waals surface area contributed by atoms with Crippen LogP contribution in [0, 0.1) is 6.92 Å². The lowest BCUT2D eigenvalue weighted by Crippen LogP contribution is -2.13. The summed E-state index contributed by atoms with van der Waals surface area (Å²) in [5, 5.41) is 4.05. The molecule has 0 bridgehead atoms. The molecule has 0 aliphatic rings. The maximum Gasteiger partial charge on any atom is 0.252 e. The number of benzene rings is 1. The standard InChI is InChI=1S/C18H21N5O/c1-5-12-6-7-14-13(8-12)11(4)19-17(20-14)23-18-21-15(10(2)3)9-16(24)22-18/h6-10H,5H2,1-4H3,(H2,19,20,21,22,23,24). The Bertz CT molecular complexity index is 946. The number of aromatic nitrogens is 4. The Hall–Kier alpha value is -2.76. The summed E-state index contributed by atoms with van der Waals surface area (Å²) in [5.41, 5.74) is 3.54. The maximum absolute atomic E-state index is 11.8. The minimum absolute atomic E-state index is 0.166. The summed E-state index contributed by atoms with van der Waals surface area (Å²) in [7, 11) is 0. The van der Waals surface area contributed by atoms with Crippen LogP contribution in [0.1, 0.15) is 43.6 Å². The number of fused-ring (bicyclic) bond motifs is 1. The van der Waals surface area contributed by atoms with Gasteiger partial charge >= 0.3 is 0 Å². The van der Waals surface area contributed by atoms with Gasteiger partial charge < -0.3 is 0 Å². The number of nitrogens with zero attached hydrogens (tertiary/aromatic N) is 3. The van der Waals surface area contributed by atoms with Crippen LogP contribution in [0.3, 0.4) is 0 Å². The molecule has 3 aromatic rings. The quantitative estimate of drug-likeness (QED) is 0.768. The van der Waals surface area contributed by atoms with E-state index in [4.69, 9.17) is 0 Å². The van der Waals surface area contributed by atoms with Crippen LogP contribution in [0.4, 0.5) is 11.9 Å². The molecular weight excluding hydrogens is 302 g/mol. The molecular formula is C18H21N5O. The van der Waals surface area contributed by atoms with Gasteiger partial charge in [-0.15, -0.1) is 0 Å². The number of H-pyrrole nitrogens is 1. The van der Waals surface area contributed by atoms with Crippen molar-refractivity contribution in [1.82, 2.24) is 19.9 Å². The number of aryl methyl sites for hydroxylation is 2. The molecule has 2 aromatic heterocycles. The lowest BCUT2D eigenvalue weighted by molar-refractivity contribution is 0.811. The average Bonchev–Trinajstić information content (AvgIpc) is 2.54. The summed E-state index contributed by atoms with van der Waals surface area (Å²) in [4.78, 5) is 27.9. The van der Waals surface area contributed by atoms with Gasteiger partial charge in [-0.05, 0) is 37.0 Å². The fourth-order valence-electron chi connectivity index (χ4n) is 2.54. The zero-order valence-corrected chi connectivity index (χ0v) is 14.3. The molecule has 6 heteroatoms. The molecule has 6 nitrogen and oxygen atoms in total. The number of aromatic amines is 1. The van der Waals surface area contributed by atoms with Crippen molar-refractivity contribution in [2.45, 2.75) is 40.0 Å². The van der Waals surface area contributed by atoms with Crippen LogP contribution < -0.4 is 10.9 Å². The summed E-state index contributed by atoms with van der Waals surface area (Å²) in [5.74, 6) is 0.947. The van der Waals surface area contributed by atoms with Crippen molar-refractivity contribution in [3.8, 4) is 0 Å². The van der Waals surface area contributed by atoms with Gasteiger partial charge in [0, 0.05) is 11.5 Å². The van der Waals surface area contributed by atoms with Crippen LogP contribution in [-0.2, 0) is 6.42 Å². The van der Waals surface area contributed by atoms with Crippen molar-refractivity contribution in [2.75, 3.05) is 5.32 Å². The van der Waals surface area contributed by atoms with E-state index < -0.39 is 0 Å². The van der Waals surface area contributed by atoms with E-state index in [9.17, 15) is 4.79 Å². The Morgan fingerprint density at radius 3 is 2.67 bits per heavy atom. The van der Waals surface area contributed by atoms with Gasteiger partial charge in [-0.25, -0.2) is 15.0 Å². The highest BCUT2D eigenvalue weighted by molar-refractivity contribution is 5.82. The van der Waals surface area contributed by atoms with Gasteiger partial charge in [0.05, 0.1) is 16.9 Å². The van der Waals surface area contributed by atoms with Crippen molar-refractivity contribution in [1.29, 1.82) is 0 Å². The zero-order chi connectivity index (χ0) is 17.3. The predicted octanol–water partition coefficient (Wildman–Crippen LogP) is 3.45. The van der Waals surface area contributed by atoms with Gasteiger partial charge in [0.1, 0.15) is 0 Å². The largest absolute Gasteiger partial charge is 0.294 e. The summed E-state index contributed by atoms with van der Waals surface area (Å²) >= 11 is 0. The Balaban J connectivity index is 2.00. The smallest absolute Gasteiger partial charge is 0.252 e. The normalized spacial score (nSPS) is 11.2. The summed E-state index contributed by atoms with van der Waals surface area (Å²) in [6.07, 6.45) is 0.975. The zero-order valence-electron chi connectivity index (χ0n) is 14.3. The second-order valence-electron chi connectivity index (χ2n) is 6.14. The number of nitrogens with one attached hydrogen (secondary N) is 2. The molecule has 1 aromatic carbocycles. The van der Waals surface area contributed by atoms with E-state index in [1.807, 2.05) is 26.8 Å². The van der Waals surface area contributed by atoms with Gasteiger partial charge in [-0.3, -0.25) is 15.1 Å². The van der Waals surface area contributed by atoms with Gasteiger partial charge in [-0.2, -0.15) is 0 Å². The first kappa shape index (κ1) is 16.1. The molecule has 0 fully saturated rings. The fourth-order valence-corrected chi connectivity index (χ4v) is 2.54. The molecule has 24 heavy (non-hydrogen) atoms. The highest BCUT2D eigenvalue weighted by Crippen LogP contribution is 2.20. The van der Waals surface area contributed by atoms with Crippen molar-refractivity contribution in [2.24, 2.45) is 0 Å². The molecule has 2 N–H and O–H groups in total. The summed E-state index contributed by atoms with van der Waals surface area (Å²) in [6.45, 7) is 8.06. The Kier molecular flexibility index (Phi) is 4.29. The predicted molar refractivity (Wildman–Crippen MR) is 95.9 cm³/mol. The SMILES string of the molecule is CCc1ccc2nc(Nc3nc(C(C)C)cc(=O)[nH]3)nc(C)c2c1. The van der Waals surface area contributed by atoms with Gasteiger partial charge in [0.15, 0.2) is 0 Å². The number of rotatable bonds is 4. The molecule has 2 heterocycles. The van der Waals surface area contributed by atoms with E-state index in [-0.39, 0.29) is 11.5 Å². The Morgan fingerprint density at radius 2 is 1.96 bits per heavy atom. The van der Waals surface area contributed by atoms with Crippen molar-refractivity contribution in [3.05, 3.63) is 51.6 Å². The van der Waals surface area contributed by atoms with E-state index in [0.717, 1.165) is 28.7 Å². The number of hydrogen-bond donors (Lipinski definition) is 2. The minimum atomic E-state index is -0.193. The Labute approximate surface area is 140 Å². The number of anilines is 2. The molecule has 0 radical (unpaired) electrons. The lowest BCUT2D eigenvalue weighted by Gasteiger charge is -2.10. The van der Waals surface area contributed by atoms with Crippen LogP contribution in [-0.4, -0.2) is 19.9 Å². The van der Waals surface area contributed by atoms with E-state index in [0.29, 0.717) is 11.9 Å². The van der Waals surface area contributed by atoms with E-state index in [1.54, 1.807) is 0 Å². The van der Waals surface area contributed by atoms with Crippen LogP contribution in [0.2, 0.25) is 0 Å². The molecule has 0 saturated heterocycles. The lowest BCUT2D eigenvalue weighted by atomic mass is 10.1.